The van der Waals surface area contributed by atoms with E-state index in [-0.39, 0.29) is 17.2 Å². The van der Waals surface area contributed by atoms with E-state index in [0.29, 0.717) is 12.8 Å². The predicted molar refractivity (Wildman–Crippen MR) is 60.1 cm³/mol. The van der Waals surface area contributed by atoms with Gasteiger partial charge in [-0.25, -0.2) is 0 Å². The number of carbonyl (C=O) groups excluding carboxylic acids is 1. The molecule has 5 nitrogen and oxygen atoms in total. The maximum atomic E-state index is 12.3. The van der Waals surface area contributed by atoms with Crippen LogP contribution in [0, 0.1) is 10.8 Å². The molecule has 0 atom stereocenters. The van der Waals surface area contributed by atoms with Gasteiger partial charge < -0.3 is 15.8 Å². The summed E-state index contributed by atoms with van der Waals surface area (Å²) in [4.78, 5) is 14.1. The third-order valence-corrected chi connectivity index (χ3v) is 3.72. The third kappa shape index (κ3) is 1.64. The number of carbonyl (C=O) groups is 1. The minimum absolute atomic E-state index is 0.0355. The van der Waals surface area contributed by atoms with E-state index in [1.54, 1.807) is 0 Å². The lowest BCUT2D eigenvalue weighted by Gasteiger charge is -2.24. The van der Waals surface area contributed by atoms with Crippen LogP contribution in [0.4, 0.5) is 0 Å². The van der Waals surface area contributed by atoms with Crippen LogP contribution in [-0.2, 0) is 4.79 Å². The van der Waals surface area contributed by atoms with Gasteiger partial charge in [-0.1, -0.05) is 19.0 Å². The van der Waals surface area contributed by atoms with Gasteiger partial charge in [0.05, 0.1) is 0 Å². The van der Waals surface area contributed by atoms with Crippen molar-refractivity contribution in [1.82, 2.24) is 4.90 Å². The molecule has 0 spiro atoms. The number of hydrogen-bond donors (Lipinski definition) is 2. The third-order valence-electron chi connectivity index (χ3n) is 3.72. The summed E-state index contributed by atoms with van der Waals surface area (Å²) < 4.78 is 0. The average Bonchev–Trinajstić information content (AvgIpc) is 2.96. The van der Waals surface area contributed by atoms with Crippen LogP contribution >= 0.6 is 0 Å². The molecule has 5 heteroatoms. The van der Waals surface area contributed by atoms with E-state index < -0.39 is 5.41 Å². The van der Waals surface area contributed by atoms with E-state index in [9.17, 15) is 4.79 Å². The lowest BCUT2D eigenvalue weighted by atomic mass is 9.93. The molecule has 0 aromatic rings. The van der Waals surface area contributed by atoms with Crippen LogP contribution in [0.1, 0.15) is 33.1 Å². The van der Waals surface area contributed by atoms with Crippen LogP contribution in [0.5, 0.6) is 0 Å². The number of nitrogens with two attached hydrogens (primary N) is 1. The normalized spacial score (nSPS) is 26.9. The molecule has 1 saturated heterocycles. The first kappa shape index (κ1) is 11.2. The van der Waals surface area contributed by atoms with Crippen LogP contribution in [0.25, 0.3) is 0 Å². The number of amides is 1. The summed E-state index contributed by atoms with van der Waals surface area (Å²) in [6.07, 6.45) is 2.43. The van der Waals surface area contributed by atoms with E-state index in [4.69, 9.17) is 10.9 Å². The van der Waals surface area contributed by atoms with Crippen molar-refractivity contribution in [2.24, 2.45) is 21.7 Å². The maximum absolute atomic E-state index is 12.3. The fourth-order valence-corrected chi connectivity index (χ4v) is 2.39. The fraction of sp³-hybridized carbons (Fsp3) is 0.818. The Bertz CT molecular complexity index is 345. The molecule has 90 valence electrons. The summed E-state index contributed by atoms with van der Waals surface area (Å²) in [6.45, 7) is 5.87. The Kier molecular flexibility index (Phi) is 2.36. The minimum Gasteiger partial charge on any atom is -0.409 e. The van der Waals surface area contributed by atoms with Crippen LogP contribution < -0.4 is 5.73 Å². The molecular formula is C11H19N3O2. The Morgan fingerprint density at radius 2 is 2.00 bits per heavy atom. The van der Waals surface area contributed by atoms with Gasteiger partial charge in [-0.2, -0.15) is 0 Å². The quantitative estimate of drug-likeness (QED) is 0.315. The van der Waals surface area contributed by atoms with Crippen LogP contribution in [0.3, 0.4) is 0 Å². The molecule has 1 heterocycles. The van der Waals surface area contributed by atoms with Crippen molar-refractivity contribution in [2.75, 3.05) is 13.1 Å². The highest BCUT2D eigenvalue weighted by molar-refractivity contribution is 6.09. The van der Waals surface area contributed by atoms with Gasteiger partial charge in [0.15, 0.2) is 5.84 Å². The Morgan fingerprint density at radius 1 is 1.38 bits per heavy atom. The molecular weight excluding hydrogens is 206 g/mol. The van der Waals surface area contributed by atoms with E-state index in [1.165, 1.54) is 0 Å². The van der Waals surface area contributed by atoms with Crippen molar-refractivity contribution in [3.05, 3.63) is 0 Å². The van der Waals surface area contributed by atoms with E-state index in [0.717, 1.165) is 19.5 Å². The maximum Gasteiger partial charge on any atom is 0.236 e. The predicted octanol–water partition coefficient (Wildman–Crippen LogP) is 0.771. The van der Waals surface area contributed by atoms with Gasteiger partial charge in [-0.05, 0) is 24.7 Å². The van der Waals surface area contributed by atoms with E-state index >= 15 is 0 Å². The summed E-state index contributed by atoms with van der Waals surface area (Å²) in [5.74, 6) is 0.107. The number of rotatable bonds is 2. The molecule has 1 saturated carbocycles. The van der Waals surface area contributed by atoms with E-state index in [1.807, 2.05) is 4.90 Å². The van der Waals surface area contributed by atoms with Crippen molar-refractivity contribution < 1.29 is 10.0 Å². The minimum atomic E-state index is -0.685. The molecule has 1 amide bonds. The molecule has 0 bridgehead atoms. The number of nitrogens with zero attached hydrogens (tertiary/aromatic N) is 2. The molecule has 1 aliphatic heterocycles. The number of likely N-dealkylation sites (tertiary alicyclic amines) is 1. The molecule has 2 aliphatic rings. The highest BCUT2D eigenvalue weighted by atomic mass is 16.4. The largest absolute Gasteiger partial charge is 0.409 e. The monoisotopic (exact) mass is 225 g/mol. The molecule has 2 rings (SSSR count). The van der Waals surface area contributed by atoms with Crippen LogP contribution in [-0.4, -0.2) is 34.9 Å². The van der Waals surface area contributed by atoms with Gasteiger partial charge in [-0.15, -0.1) is 0 Å². The molecule has 0 radical (unpaired) electrons. The van der Waals surface area contributed by atoms with Gasteiger partial charge in [0, 0.05) is 13.1 Å². The van der Waals surface area contributed by atoms with Crippen molar-refractivity contribution in [3.8, 4) is 0 Å². The Hall–Kier alpha value is -1.26. The van der Waals surface area contributed by atoms with Crippen LogP contribution in [0.15, 0.2) is 5.16 Å². The molecule has 2 fully saturated rings. The molecule has 3 N–H and O–H groups in total. The molecule has 0 aromatic carbocycles. The van der Waals surface area contributed by atoms with Crippen molar-refractivity contribution in [3.63, 3.8) is 0 Å². The number of oxime groups is 1. The van der Waals surface area contributed by atoms with Gasteiger partial charge in [0.2, 0.25) is 5.91 Å². The highest BCUT2D eigenvalue weighted by Gasteiger charge is 2.56. The van der Waals surface area contributed by atoms with Gasteiger partial charge >= 0.3 is 0 Å². The highest BCUT2D eigenvalue weighted by Crippen LogP contribution is 2.48. The summed E-state index contributed by atoms with van der Waals surface area (Å²) >= 11 is 0. The molecule has 16 heavy (non-hydrogen) atoms. The first-order valence-electron chi connectivity index (χ1n) is 5.69. The van der Waals surface area contributed by atoms with Gasteiger partial charge in [0.25, 0.3) is 0 Å². The van der Waals surface area contributed by atoms with Crippen molar-refractivity contribution >= 4 is 11.7 Å². The zero-order valence-electron chi connectivity index (χ0n) is 9.86. The number of amidine groups is 1. The second kappa shape index (κ2) is 3.37. The molecule has 0 aromatic heterocycles. The summed E-state index contributed by atoms with van der Waals surface area (Å²) in [5, 5.41) is 11.7. The lowest BCUT2D eigenvalue weighted by Crippen LogP contribution is -2.43. The lowest BCUT2D eigenvalue weighted by molar-refractivity contribution is -0.133. The molecule has 1 aliphatic carbocycles. The SMILES string of the molecule is CC1(C)CCN(C(=O)C2(C(N)=NO)CC2)C1. The second-order valence-electron chi connectivity index (χ2n) is 5.71. The van der Waals surface area contributed by atoms with E-state index in [2.05, 4.69) is 19.0 Å². The van der Waals surface area contributed by atoms with Crippen molar-refractivity contribution in [2.45, 2.75) is 33.1 Å². The van der Waals surface area contributed by atoms with Crippen molar-refractivity contribution in [1.29, 1.82) is 0 Å². The Labute approximate surface area is 95.3 Å². The molecule has 0 unspecified atom stereocenters. The average molecular weight is 225 g/mol. The van der Waals surface area contributed by atoms with Gasteiger partial charge in [0.1, 0.15) is 5.41 Å². The zero-order valence-corrected chi connectivity index (χ0v) is 9.86. The summed E-state index contributed by atoms with van der Waals surface area (Å²) in [7, 11) is 0. The summed E-state index contributed by atoms with van der Waals surface area (Å²) in [6, 6.07) is 0. The smallest absolute Gasteiger partial charge is 0.236 e. The Balaban J connectivity index is 2.10. The number of hydrogen-bond acceptors (Lipinski definition) is 3. The topological polar surface area (TPSA) is 78.9 Å². The second-order valence-corrected chi connectivity index (χ2v) is 5.71. The first-order valence-corrected chi connectivity index (χ1v) is 5.69. The first-order chi connectivity index (χ1) is 7.41. The van der Waals surface area contributed by atoms with Gasteiger partial charge in [-0.3, -0.25) is 4.79 Å². The Morgan fingerprint density at radius 3 is 2.38 bits per heavy atom. The zero-order chi connectivity index (χ0) is 12.0. The standard InChI is InChI=1S/C11H19N3O2/c1-10(2)5-6-14(7-10)9(15)11(3-4-11)8(12)13-16/h16H,3-7H2,1-2H3,(H2,12,13). The van der Waals surface area contributed by atoms with Crippen LogP contribution in [0.2, 0.25) is 0 Å². The summed E-state index contributed by atoms with van der Waals surface area (Å²) in [5.41, 5.74) is 5.11. The fourth-order valence-electron chi connectivity index (χ4n) is 2.39.